The highest BCUT2D eigenvalue weighted by molar-refractivity contribution is 5.92. The highest BCUT2D eigenvalue weighted by atomic mass is 19.4. The molecule has 0 radical (unpaired) electrons. The van der Waals surface area contributed by atoms with Gasteiger partial charge in [-0.1, -0.05) is 6.07 Å². The molecule has 8 heteroatoms. The zero-order valence-electron chi connectivity index (χ0n) is 13.1. The molecule has 128 valence electrons. The highest BCUT2D eigenvalue weighted by Crippen LogP contribution is 2.31. The van der Waals surface area contributed by atoms with Crippen molar-refractivity contribution in [2.75, 3.05) is 31.1 Å². The van der Waals surface area contributed by atoms with Gasteiger partial charge in [0, 0.05) is 37.6 Å². The Bertz CT molecular complexity index is 733. The van der Waals surface area contributed by atoms with E-state index in [4.69, 9.17) is 0 Å². The number of anilines is 1. The Kier molecular flexibility index (Phi) is 4.21. The molecular weight excluding hydrogens is 321 g/mol. The number of aryl methyl sites for hydroxylation is 1. The van der Waals surface area contributed by atoms with Crippen molar-refractivity contribution < 1.29 is 18.0 Å². The number of benzene rings is 1. The van der Waals surface area contributed by atoms with Crippen molar-refractivity contribution in [1.82, 2.24) is 15.1 Å². The van der Waals surface area contributed by atoms with Gasteiger partial charge in [-0.3, -0.25) is 9.89 Å². The fourth-order valence-corrected chi connectivity index (χ4v) is 2.74. The molecule has 1 N–H and O–H groups in total. The van der Waals surface area contributed by atoms with E-state index in [9.17, 15) is 18.0 Å². The van der Waals surface area contributed by atoms with Crippen LogP contribution in [0.25, 0.3) is 0 Å². The van der Waals surface area contributed by atoms with Crippen LogP contribution in [0.5, 0.6) is 0 Å². The Morgan fingerprint density at radius 1 is 1.17 bits per heavy atom. The third-order valence-corrected chi connectivity index (χ3v) is 4.03. The summed E-state index contributed by atoms with van der Waals surface area (Å²) >= 11 is 0. The first-order valence-corrected chi connectivity index (χ1v) is 7.58. The van der Waals surface area contributed by atoms with Crippen LogP contribution in [0.1, 0.15) is 21.7 Å². The van der Waals surface area contributed by atoms with Crippen molar-refractivity contribution >= 4 is 11.6 Å². The van der Waals surface area contributed by atoms with Gasteiger partial charge in [-0.2, -0.15) is 18.3 Å². The first-order valence-electron chi connectivity index (χ1n) is 7.58. The number of hydrogen-bond acceptors (Lipinski definition) is 3. The van der Waals surface area contributed by atoms with Gasteiger partial charge in [-0.05, 0) is 31.2 Å². The van der Waals surface area contributed by atoms with E-state index in [0.717, 1.165) is 17.8 Å². The SMILES string of the molecule is Cc1cc(C(=O)N2CCN(c3cccc(C(F)(F)F)c3)CC2)n[nH]1. The van der Waals surface area contributed by atoms with Crippen LogP contribution < -0.4 is 4.90 Å². The molecule has 0 spiro atoms. The van der Waals surface area contributed by atoms with E-state index in [1.165, 1.54) is 6.07 Å². The number of rotatable bonds is 2. The lowest BCUT2D eigenvalue weighted by atomic mass is 10.1. The predicted molar refractivity (Wildman–Crippen MR) is 82.9 cm³/mol. The van der Waals surface area contributed by atoms with Crippen LogP contribution in [0.2, 0.25) is 0 Å². The van der Waals surface area contributed by atoms with Crippen LogP contribution in [0.4, 0.5) is 18.9 Å². The summed E-state index contributed by atoms with van der Waals surface area (Å²) in [7, 11) is 0. The molecule has 1 aromatic carbocycles. The molecule has 1 aromatic heterocycles. The molecule has 0 bridgehead atoms. The lowest BCUT2D eigenvalue weighted by Gasteiger charge is -2.36. The van der Waals surface area contributed by atoms with Crippen molar-refractivity contribution in [2.45, 2.75) is 13.1 Å². The smallest absolute Gasteiger partial charge is 0.368 e. The van der Waals surface area contributed by atoms with Crippen molar-refractivity contribution in [3.63, 3.8) is 0 Å². The summed E-state index contributed by atoms with van der Waals surface area (Å²) in [4.78, 5) is 15.8. The van der Waals surface area contributed by atoms with Crippen LogP contribution in [-0.4, -0.2) is 47.2 Å². The molecule has 0 unspecified atom stereocenters. The molecule has 0 saturated carbocycles. The minimum absolute atomic E-state index is 0.164. The van der Waals surface area contributed by atoms with Crippen LogP contribution in [0, 0.1) is 6.92 Å². The summed E-state index contributed by atoms with van der Waals surface area (Å²) in [5.41, 5.74) is 1.03. The van der Waals surface area contributed by atoms with E-state index in [1.54, 1.807) is 17.0 Å². The number of nitrogens with one attached hydrogen (secondary N) is 1. The second-order valence-corrected chi connectivity index (χ2v) is 5.76. The summed E-state index contributed by atoms with van der Waals surface area (Å²) < 4.78 is 38.4. The summed E-state index contributed by atoms with van der Waals surface area (Å²) in [5.74, 6) is -0.164. The Morgan fingerprint density at radius 2 is 1.88 bits per heavy atom. The zero-order chi connectivity index (χ0) is 17.3. The number of carbonyl (C=O) groups excluding carboxylic acids is 1. The van der Waals surface area contributed by atoms with Crippen LogP contribution in [0.3, 0.4) is 0 Å². The maximum atomic E-state index is 12.8. The van der Waals surface area contributed by atoms with Gasteiger partial charge in [0.1, 0.15) is 5.69 Å². The molecule has 1 saturated heterocycles. The van der Waals surface area contributed by atoms with Crippen molar-refractivity contribution in [3.05, 3.63) is 47.3 Å². The van der Waals surface area contributed by atoms with Gasteiger partial charge in [-0.25, -0.2) is 0 Å². The third kappa shape index (κ3) is 3.37. The predicted octanol–water partition coefficient (Wildman–Crippen LogP) is 2.70. The lowest BCUT2D eigenvalue weighted by molar-refractivity contribution is -0.137. The number of halogens is 3. The number of hydrogen-bond donors (Lipinski definition) is 1. The van der Waals surface area contributed by atoms with E-state index in [-0.39, 0.29) is 5.91 Å². The zero-order valence-corrected chi connectivity index (χ0v) is 13.1. The average Bonchev–Trinajstić information content (AvgIpc) is 3.00. The monoisotopic (exact) mass is 338 g/mol. The number of nitrogens with zero attached hydrogens (tertiary/aromatic N) is 3. The number of piperazine rings is 1. The van der Waals surface area contributed by atoms with Gasteiger partial charge in [0.2, 0.25) is 0 Å². The van der Waals surface area contributed by atoms with Gasteiger partial charge >= 0.3 is 6.18 Å². The summed E-state index contributed by atoms with van der Waals surface area (Å²) in [6.07, 6.45) is -4.36. The minimum Gasteiger partial charge on any atom is -0.368 e. The molecule has 1 fully saturated rings. The molecule has 24 heavy (non-hydrogen) atoms. The summed E-state index contributed by atoms with van der Waals surface area (Å²) in [5, 5.41) is 6.68. The fraction of sp³-hybridized carbons (Fsp3) is 0.375. The highest BCUT2D eigenvalue weighted by Gasteiger charge is 2.31. The van der Waals surface area contributed by atoms with Crippen LogP contribution >= 0.6 is 0 Å². The Morgan fingerprint density at radius 3 is 2.46 bits per heavy atom. The topological polar surface area (TPSA) is 52.2 Å². The van der Waals surface area contributed by atoms with Crippen molar-refractivity contribution in [2.24, 2.45) is 0 Å². The van der Waals surface area contributed by atoms with Crippen LogP contribution in [-0.2, 0) is 6.18 Å². The first-order chi connectivity index (χ1) is 11.3. The van der Waals surface area contributed by atoms with Gasteiger partial charge < -0.3 is 9.80 Å². The quantitative estimate of drug-likeness (QED) is 0.916. The number of amides is 1. The number of aromatic nitrogens is 2. The maximum Gasteiger partial charge on any atom is 0.416 e. The number of alkyl halides is 3. The van der Waals surface area contributed by atoms with Gasteiger partial charge in [0.05, 0.1) is 5.56 Å². The van der Waals surface area contributed by atoms with Crippen molar-refractivity contribution in [1.29, 1.82) is 0 Å². The van der Waals surface area contributed by atoms with E-state index >= 15 is 0 Å². The molecule has 3 rings (SSSR count). The standard InChI is InChI=1S/C16H17F3N4O/c1-11-9-14(21-20-11)15(24)23-7-5-22(6-8-23)13-4-2-3-12(10-13)16(17,18)19/h2-4,9-10H,5-8H2,1H3,(H,20,21). The van der Waals surface area contributed by atoms with E-state index < -0.39 is 11.7 Å². The Balaban J connectivity index is 1.66. The normalized spacial score (nSPS) is 15.7. The second kappa shape index (κ2) is 6.18. The largest absolute Gasteiger partial charge is 0.416 e. The van der Waals surface area contributed by atoms with E-state index in [2.05, 4.69) is 10.2 Å². The molecule has 0 atom stereocenters. The Labute approximate surface area is 137 Å². The molecule has 2 aromatic rings. The second-order valence-electron chi connectivity index (χ2n) is 5.76. The minimum atomic E-state index is -4.36. The molecule has 1 aliphatic heterocycles. The molecular formula is C16H17F3N4O. The molecule has 5 nitrogen and oxygen atoms in total. The van der Waals surface area contributed by atoms with Gasteiger partial charge in [0.25, 0.3) is 5.91 Å². The third-order valence-electron chi connectivity index (χ3n) is 4.03. The summed E-state index contributed by atoms with van der Waals surface area (Å²) in [6, 6.07) is 6.95. The summed E-state index contributed by atoms with van der Waals surface area (Å²) in [6.45, 7) is 3.67. The Hall–Kier alpha value is -2.51. The average molecular weight is 338 g/mol. The van der Waals surface area contributed by atoms with E-state index in [0.29, 0.717) is 37.6 Å². The first kappa shape index (κ1) is 16.4. The van der Waals surface area contributed by atoms with Crippen molar-refractivity contribution in [3.8, 4) is 0 Å². The number of H-pyrrole nitrogens is 1. The van der Waals surface area contributed by atoms with E-state index in [1.807, 2.05) is 11.8 Å². The maximum absolute atomic E-state index is 12.8. The lowest BCUT2D eigenvalue weighted by Crippen LogP contribution is -2.49. The molecule has 1 aliphatic rings. The van der Waals surface area contributed by atoms with Gasteiger partial charge in [-0.15, -0.1) is 0 Å². The molecule has 0 aliphatic carbocycles. The number of aromatic amines is 1. The number of carbonyl (C=O) groups is 1. The molecule has 1 amide bonds. The molecule has 2 heterocycles. The van der Waals surface area contributed by atoms with Gasteiger partial charge in [0.15, 0.2) is 0 Å². The van der Waals surface area contributed by atoms with Crippen LogP contribution in [0.15, 0.2) is 30.3 Å². The fourth-order valence-electron chi connectivity index (χ4n) is 2.74.